The van der Waals surface area contributed by atoms with Crippen molar-refractivity contribution in [3.05, 3.63) is 59.8 Å². The average molecular weight is 340 g/mol. The molecule has 1 N–H and O–H groups in total. The van der Waals surface area contributed by atoms with E-state index in [4.69, 9.17) is 9.15 Å². The molecule has 0 saturated carbocycles. The van der Waals surface area contributed by atoms with Crippen LogP contribution in [0.2, 0.25) is 0 Å². The zero-order valence-electron chi connectivity index (χ0n) is 14.2. The molecule has 0 spiro atoms. The molecule has 0 atom stereocenters. The SMILES string of the molecule is CCCc1c(C(=O)NCc2ccco2)nnn1-c1ccc(OC)cc1. The van der Waals surface area contributed by atoms with Crippen LogP contribution in [0.15, 0.2) is 47.1 Å². The predicted octanol–water partition coefficient (Wildman–Crippen LogP) is 2.75. The maximum absolute atomic E-state index is 12.5. The van der Waals surface area contributed by atoms with Crippen molar-refractivity contribution in [2.24, 2.45) is 0 Å². The van der Waals surface area contributed by atoms with E-state index in [1.54, 1.807) is 30.2 Å². The molecule has 7 heteroatoms. The first kappa shape index (κ1) is 16.8. The quantitative estimate of drug-likeness (QED) is 0.715. The number of aromatic nitrogens is 3. The molecule has 3 aromatic rings. The zero-order chi connectivity index (χ0) is 17.6. The summed E-state index contributed by atoms with van der Waals surface area (Å²) >= 11 is 0. The van der Waals surface area contributed by atoms with Gasteiger partial charge in [0.2, 0.25) is 0 Å². The number of methoxy groups -OCH3 is 1. The Morgan fingerprint density at radius 3 is 2.72 bits per heavy atom. The largest absolute Gasteiger partial charge is 0.497 e. The van der Waals surface area contributed by atoms with Crippen LogP contribution < -0.4 is 10.1 Å². The summed E-state index contributed by atoms with van der Waals surface area (Å²) in [6.45, 7) is 2.36. The van der Waals surface area contributed by atoms with E-state index in [2.05, 4.69) is 22.6 Å². The van der Waals surface area contributed by atoms with Gasteiger partial charge in [-0.3, -0.25) is 4.79 Å². The Morgan fingerprint density at radius 1 is 1.28 bits per heavy atom. The van der Waals surface area contributed by atoms with Crippen molar-refractivity contribution in [1.82, 2.24) is 20.3 Å². The number of hydrogen-bond acceptors (Lipinski definition) is 5. The van der Waals surface area contributed by atoms with E-state index in [1.165, 1.54) is 0 Å². The van der Waals surface area contributed by atoms with Gasteiger partial charge in [-0.25, -0.2) is 4.68 Å². The van der Waals surface area contributed by atoms with Gasteiger partial charge in [0, 0.05) is 0 Å². The first-order valence-corrected chi connectivity index (χ1v) is 8.12. The third kappa shape index (κ3) is 3.71. The van der Waals surface area contributed by atoms with Crippen LogP contribution in [-0.4, -0.2) is 28.0 Å². The lowest BCUT2D eigenvalue weighted by Gasteiger charge is -2.08. The van der Waals surface area contributed by atoms with E-state index in [0.29, 0.717) is 24.4 Å². The second-order valence-corrected chi connectivity index (χ2v) is 5.51. The number of hydrogen-bond donors (Lipinski definition) is 1. The summed E-state index contributed by atoms with van der Waals surface area (Å²) in [5, 5.41) is 11.1. The Bertz CT molecular complexity index is 823. The molecule has 1 amide bonds. The van der Waals surface area contributed by atoms with Crippen molar-refractivity contribution in [2.45, 2.75) is 26.3 Å². The van der Waals surface area contributed by atoms with E-state index < -0.39 is 0 Å². The highest BCUT2D eigenvalue weighted by Gasteiger charge is 2.20. The number of benzene rings is 1. The molecule has 7 nitrogen and oxygen atoms in total. The Hall–Kier alpha value is -3.09. The standard InChI is InChI=1S/C18H20N4O3/c1-3-5-16-17(18(23)19-12-15-6-4-11-25-15)20-21-22(16)13-7-9-14(24-2)10-8-13/h4,6-11H,3,5,12H2,1-2H3,(H,19,23). The van der Waals surface area contributed by atoms with Gasteiger partial charge in [0.15, 0.2) is 5.69 Å². The van der Waals surface area contributed by atoms with Crippen LogP contribution in [-0.2, 0) is 13.0 Å². The van der Waals surface area contributed by atoms with E-state index in [9.17, 15) is 4.79 Å². The van der Waals surface area contributed by atoms with Gasteiger partial charge >= 0.3 is 0 Å². The van der Waals surface area contributed by atoms with Crippen LogP contribution in [0.3, 0.4) is 0 Å². The van der Waals surface area contributed by atoms with Crippen molar-refractivity contribution in [3.63, 3.8) is 0 Å². The molecule has 1 aromatic carbocycles. The van der Waals surface area contributed by atoms with Gasteiger partial charge in [-0.1, -0.05) is 18.6 Å². The van der Waals surface area contributed by atoms with Gasteiger partial charge in [-0.2, -0.15) is 0 Å². The summed E-state index contributed by atoms with van der Waals surface area (Å²) < 4.78 is 12.1. The summed E-state index contributed by atoms with van der Waals surface area (Å²) in [6.07, 6.45) is 3.15. The highest BCUT2D eigenvalue weighted by atomic mass is 16.5. The number of amides is 1. The lowest BCUT2D eigenvalue weighted by atomic mass is 10.2. The number of carbonyl (C=O) groups is 1. The van der Waals surface area contributed by atoms with Crippen LogP contribution in [0.25, 0.3) is 5.69 Å². The molecule has 0 aliphatic rings. The second-order valence-electron chi connectivity index (χ2n) is 5.51. The van der Waals surface area contributed by atoms with Crippen molar-refractivity contribution in [2.75, 3.05) is 7.11 Å². The number of carbonyl (C=O) groups excluding carboxylic acids is 1. The van der Waals surface area contributed by atoms with Gasteiger partial charge in [0.1, 0.15) is 11.5 Å². The molecule has 0 bridgehead atoms. The number of nitrogens with one attached hydrogen (secondary N) is 1. The maximum atomic E-state index is 12.5. The minimum absolute atomic E-state index is 0.264. The van der Waals surface area contributed by atoms with Crippen molar-refractivity contribution in [1.29, 1.82) is 0 Å². The molecule has 25 heavy (non-hydrogen) atoms. The Balaban J connectivity index is 1.84. The minimum atomic E-state index is -0.264. The van der Waals surface area contributed by atoms with Crippen molar-refractivity contribution < 1.29 is 13.9 Å². The van der Waals surface area contributed by atoms with Crippen LogP contribution >= 0.6 is 0 Å². The summed E-state index contributed by atoms with van der Waals surface area (Å²) in [5.74, 6) is 1.19. The molecule has 0 saturated heterocycles. The van der Waals surface area contributed by atoms with Crippen molar-refractivity contribution in [3.8, 4) is 11.4 Å². The Morgan fingerprint density at radius 2 is 2.08 bits per heavy atom. The van der Waals surface area contributed by atoms with Crippen LogP contribution in [0.1, 0.15) is 35.3 Å². The predicted molar refractivity (Wildman–Crippen MR) is 91.8 cm³/mol. The fourth-order valence-corrected chi connectivity index (χ4v) is 2.53. The number of nitrogens with zero attached hydrogens (tertiary/aromatic N) is 3. The number of furan rings is 1. The van der Waals surface area contributed by atoms with Gasteiger partial charge in [-0.05, 0) is 42.8 Å². The fraction of sp³-hybridized carbons (Fsp3) is 0.278. The molecule has 0 aliphatic heterocycles. The van der Waals surface area contributed by atoms with E-state index >= 15 is 0 Å². The average Bonchev–Trinajstić information content (AvgIpc) is 3.30. The summed E-state index contributed by atoms with van der Waals surface area (Å²) in [6, 6.07) is 11.1. The summed E-state index contributed by atoms with van der Waals surface area (Å²) in [5.41, 5.74) is 1.95. The highest BCUT2D eigenvalue weighted by Crippen LogP contribution is 2.18. The van der Waals surface area contributed by atoms with Gasteiger partial charge in [0.05, 0.1) is 31.3 Å². The molecule has 0 fully saturated rings. The molecule has 2 heterocycles. The molecular formula is C18H20N4O3. The Labute approximate surface area is 145 Å². The summed E-state index contributed by atoms with van der Waals surface area (Å²) in [4.78, 5) is 12.5. The fourth-order valence-electron chi connectivity index (χ4n) is 2.53. The van der Waals surface area contributed by atoms with E-state index in [0.717, 1.165) is 23.6 Å². The van der Waals surface area contributed by atoms with Gasteiger partial charge < -0.3 is 14.5 Å². The van der Waals surface area contributed by atoms with Crippen molar-refractivity contribution >= 4 is 5.91 Å². The Kier molecular flexibility index (Phi) is 5.13. The van der Waals surface area contributed by atoms with Crippen LogP contribution in [0, 0.1) is 0 Å². The highest BCUT2D eigenvalue weighted by molar-refractivity contribution is 5.93. The molecule has 2 aromatic heterocycles. The van der Waals surface area contributed by atoms with Crippen LogP contribution in [0.5, 0.6) is 5.75 Å². The number of ether oxygens (including phenoxy) is 1. The third-order valence-electron chi connectivity index (χ3n) is 3.79. The summed E-state index contributed by atoms with van der Waals surface area (Å²) in [7, 11) is 1.62. The zero-order valence-corrected chi connectivity index (χ0v) is 14.2. The minimum Gasteiger partial charge on any atom is -0.497 e. The van der Waals surface area contributed by atoms with Gasteiger partial charge in [0.25, 0.3) is 5.91 Å². The smallest absolute Gasteiger partial charge is 0.274 e. The molecular weight excluding hydrogens is 320 g/mol. The molecule has 0 radical (unpaired) electrons. The van der Waals surface area contributed by atoms with E-state index in [-0.39, 0.29) is 5.91 Å². The first-order chi connectivity index (χ1) is 12.2. The molecule has 0 aliphatic carbocycles. The normalized spacial score (nSPS) is 10.6. The van der Waals surface area contributed by atoms with Crippen LogP contribution in [0.4, 0.5) is 0 Å². The lowest BCUT2D eigenvalue weighted by Crippen LogP contribution is -2.24. The first-order valence-electron chi connectivity index (χ1n) is 8.12. The molecule has 3 rings (SSSR count). The maximum Gasteiger partial charge on any atom is 0.274 e. The van der Waals surface area contributed by atoms with E-state index in [1.807, 2.05) is 24.3 Å². The molecule has 0 unspecified atom stereocenters. The third-order valence-corrected chi connectivity index (χ3v) is 3.79. The monoisotopic (exact) mass is 340 g/mol. The number of rotatable bonds is 7. The topological polar surface area (TPSA) is 82.2 Å². The lowest BCUT2D eigenvalue weighted by molar-refractivity contribution is 0.0942. The molecule has 130 valence electrons. The van der Waals surface area contributed by atoms with Gasteiger partial charge in [-0.15, -0.1) is 5.10 Å². The second kappa shape index (κ2) is 7.65.